The van der Waals surface area contributed by atoms with Crippen LogP contribution in [-0.2, 0) is 6.18 Å². The fraction of sp³-hybridized carbons (Fsp3) is 0.462. The molecule has 0 radical (unpaired) electrons. The van der Waals surface area contributed by atoms with Gasteiger partial charge in [-0.2, -0.15) is 13.2 Å². The standard InChI is InChI=1S/C13H12BrF4NO/c1-7-3-2-6-19(7)12(20)10-9(14)5-4-8(11(10)15)13(16,17)18/h4-5,7H,2-3,6H2,1H3/t7-/m1/s1. The molecule has 20 heavy (non-hydrogen) atoms. The third-order valence-corrected chi connectivity index (χ3v) is 4.09. The van der Waals surface area contributed by atoms with Gasteiger partial charge in [-0.15, -0.1) is 0 Å². The summed E-state index contributed by atoms with van der Waals surface area (Å²) >= 11 is 2.96. The molecule has 1 fully saturated rings. The minimum absolute atomic E-state index is 0.0344. The zero-order chi connectivity index (χ0) is 15.1. The van der Waals surface area contributed by atoms with Gasteiger partial charge in [-0.05, 0) is 47.8 Å². The highest BCUT2D eigenvalue weighted by Gasteiger charge is 2.38. The third kappa shape index (κ3) is 2.68. The highest BCUT2D eigenvalue weighted by molar-refractivity contribution is 9.10. The monoisotopic (exact) mass is 353 g/mol. The molecular weight excluding hydrogens is 342 g/mol. The molecule has 1 saturated heterocycles. The van der Waals surface area contributed by atoms with E-state index in [2.05, 4.69) is 15.9 Å². The Balaban J connectivity index is 2.48. The van der Waals surface area contributed by atoms with Crippen molar-refractivity contribution in [2.45, 2.75) is 32.0 Å². The lowest BCUT2D eigenvalue weighted by Gasteiger charge is -2.23. The molecule has 1 aliphatic rings. The Morgan fingerprint density at radius 2 is 2.05 bits per heavy atom. The summed E-state index contributed by atoms with van der Waals surface area (Å²) < 4.78 is 52.2. The Morgan fingerprint density at radius 1 is 1.40 bits per heavy atom. The van der Waals surface area contributed by atoms with Gasteiger partial charge >= 0.3 is 6.18 Å². The molecule has 2 nitrogen and oxygen atoms in total. The number of carbonyl (C=O) groups excluding carboxylic acids is 1. The first kappa shape index (κ1) is 15.3. The Hall–Kier alpha value is -1.11. The van der Waals surface area contributed by atoms with Gasteiger partial charge in [0.25, 0.3) is 5.91 Å². The summed E-state index contributed by atoms with van der Waals surface area (Å²) in [5.74, 6) is -2.22. The molecule has 1 atom stereocenters. The summed E-state index contributed by atoms with van der Waals surface area (Å²) in [5, 5.41) is 0. The van der Waals surface area contributed by atoms with E-state index in [1.807, 2.05) is 0 Å². The fourth-order valence-electron chi connectivity index (χ4n) is 2.35. The molecule has 1 aromatic rings. The number of hydrogen-bond donors (Lipinski definition) is 0. The van der Waals surface area contributed by atoms with Gasteiger partial charge in [-0.1, -0.05) is 0 Å². The van der Waals surface area contributed by atoms with Gasteiger partial charge in [-0.25, -0.2) is 4.39 Å². The lowest BCUT2D eigenvalue weighted by atomic mass is 10.1. The summed E-state index contributed by atoms with van der Waals surface area (Å²) in [4.78, 5) is 13.7. The first-order chi connectivity index (χ1) is 9.23. The van der Waals surface area contributed by atoms with Crippen molar-refractivity contribution in [2.24, 2.45) is 0 Å². The van der Waals surface area contributed by atoms with Crippen molar-refractivity contribution in [3.8, 4) is 0 Å². The van der Waals surface area contributed by atoms with Crippen LogP contribution in [0.15, 0.2) is 16.6 Å². The number of rotatable bonds is 1. The van der Waals surface area contributed by atoms with Gasteiger partial charge in [0.05, 0.1) is 11.1 Å². The molecule has 1 heterocycles. The zero-order valence-electron chi connectivity index (χ0n) is 10.6. The minimum Gasteiger partial charge on any atom is -0.336 e. The highest BCUT2D eigenvalue weighted by atomic mass is 79.9. The highest BCUT2D eigenvalue weighted by Crippen LogP contribution is 2.36. The fourth-order valence-corrected chi connectivity index (χ4v) is 2.82. The van der Waals surface area contributed by atoms with Crippen LogP contribution in [0.25, 0.3) is 0 Å². The summed E-state index contributed by atoms with van der Waals surface area (Å²) in [6.07, 6.45) is -3.29. The van der Waals surface area contributed by atoms with Crippen LogP contribution in [0.4, 0.5) is 17.6 Å². The number of likely N-dealkylation sites (tertiary alicyclic amines) is 1. The maximum absolute atomic E-state index is 14.1. The van der Waals surface area contributed by atoms with Crippen LogP contribution in [-0.4, -0.2) is 23.4 Å². The van der Waals surface area contributed by atoms with Crippen molar-refractivity contribution >= 4 is 21.8 Å². The van der Waals surface area contributed by atoms with Crippen molar-refractivity contribution in [3.63, 3.8) is 0 Å². The molecule has 0 spiro atoms. The molecule has 0 N–H and O–H groups in total. The smallest absolute Gasteiger partial charge is 0.336 e. The van der Waals surface area contributed by atoms with Crippen LogP contribution in [0, 0.1) is 5.82 Å². The van der Waals surface area contributed by atoms with Crippen molar-refractivity contribution in [3.05, 3.63) is 33.5 Å². The maximum atomic E-state index is 14.1. The number of alkyl halides is 3. The second-order valence-electron chi connectivity index (χ2n) is 4.77. The molecule has 1 aliphatic heterocycles. The topological polar surface area (TPSA) is 20.3 Å². The average Bonchev–Trinajstić information content (AvgIpc) is 2.73. The summed E-state index contributed by atoms with van der Waals surface area (Å²) in [7, 11) is 0. The van der Waals surface area contributed by atoms with E-state index in [0.717, 1.165) is 18.9 Å². The first-order valence-electron chi connectivity index (χ1n) is 6.09. The number of hydrogen-bond acceptors (Lipinski definition) is 1. The van der Waals surface area contributed by atoms with Crippen molar-refractivity contribution in [2.75, 3.05) is 6.54 Å². The van der Waals surface area contributed by atoms with Crippen LogP contribution in [0.1, 0.15) is 35.7 Å². The molecule has 0 aliphatic carbocycles. The number of benzene rings is 1. The van der Waals surface area contributed by atoms with E-state index in [4.69, 9.17) is 0 Å². The lowest BCUT2D eigenvalue weighted by Crippen LogP contribution is -2.34. The molecule has 0 bridgehead atoms. The predicted octanol–water partition coefficient (Wildman–Crippen LogP) is 4.23. The van der Waals surface area contributed by atoms with Crippen LogP contribution in [0.2, 0.25) is 0 Å². The molecule has 0 saturated carbocycles. The van der Waals surface area contributed by atoms with E-state index in [1.54, 1.807) is 6.92 Å². The van der Waals surface area contributed by atoms with E-state index in [1.165, 1.54) is 4.90 Å². The second kappa shape index (κ2) is 5.35. The van der Waals surface area contributed by atoms with E-state index in [-0.39, 0.29) is 10.5 Å². The number of nitrogens with zero attached hydrogens (tertiary/aromatic N) is 1. The molecule has 110 valence electrons. The third-order valence-electron chi connectivity index (χ3n) is 3.42. The average molecular weight is 354 g/mol. The predicted molar refractivity (Wildman–Crippen MR) is 68.8 cm³/mol. The normalized spacial score (nSPS) is 19.5. The van der Waals surface area contributed by atoms with Gasteiger partial charge in [0.1, 0.15) is 5.82 Å². The molecular formula is C13H12BrF4NO. The molecule has 0 aromatic heterocycles. The van der Waals surface area contributed by atoms with Gasteiger partial charge in [0, 0.05) is 17.1 Å². The van der Waals surface area contributed by atoms with E-state index in [9.17, 15) is 22.4 Å². The quantitative estimate of drug-likeness (QED) is 0.691. The summed E-state index contributed by atoms with van der Waals surface area (Å²) in [5.41, 5.74) is -1.97. The number of carbonyl (C=O) groups is 1. The van der Waals surface area contributed by atoms with Gasteiger partial charge in [0.15, 0.2) is 0 Å². The number of amides is 1. The molecule has 7 heteroatoms. The van der Waals surface area contributed by atoms with Crippen LogP contribution in [0.5, 0.6) is 0 Å². The molecule has 1 amide bonds. The first-order valence-corrected chi connectivity index (χ1v) is 6.89. The minimum atomic E-state index is -4.82. The van der Waals surface area contributed by atoms with Gasteiger partial charge < -0.3 is 4.90 Å². The van der Waals surface area contributed by atoms with E-state index in [0.29, 0.717) is 12.6 Å². The second-order valence-corrected chi connectivity index (χ2v) is 5.63. The van der Waals surface area contributed by atoms with Gasteiger partial charge in [-0.3, -0.25) is 4.79 Å². The Kier molecular flexibility index (Phi) is 4.09. The Labute approximate surface area is 121 Å². The largest absolute Gasteiger partial charge is 0.419 e. The van der Waals surface area contributed by atoms with E-state index < -0.39 is 29.0 Å². The Morgan fingerprint density at radius 3 is 2.55 bits per heavy atom. The zero-order valence-corrected chi connectivity index (χ0v) is 12.2. The van der Waals surface area contributed by atoms with E-state index >= 15 is 0 Å². The van der Waals surface area contributed by atoms with Gasteiger partial charge in [0.2, 0.25) is 0 Å². The van der Waals surface area contributed by atoms with Crippen molar-refractivity contribution < 1.29 is 22.4 Å². The Bertz CT molecular complexity index is 544. The van der Waals surface area contributed by atoms with Crippen LogP contribution >= 0.6 is 15.9 Å². The molecule has 2 rings (SSSR count). The summed E-state index contributed by atoms with van der Waals surface area (Å²) in [6.45, 7) is 2.23. The van der Waals surface area contributed by atoms with Crippen molar-refractivity contribution in [1.29, 1.82) is 0 Å². The van der Waals surface area contributed by atoms with Crippen molar-refractivity contribution in [1.82, 2.24) is 4.90 Å². The van der Waals surface area contributed by atoms with Crippen LogP contribution < -0.4 is 0 Å². The van der Waals surface area contributed by atoms with Crippen LogP contribution in [0.3, 0.4) is 0 Å². The molecule has 1 aromatic carbocycles. The lowest BCUT2D eigenvalue weighted by molar-refractivity contribution is -0.140. The summed E-state index contributed by atoms with van der Waals surface area (Å²) in [6, 6.07) is 1.59. The molecule has 0 unspecified atom stereocenters. The maximum Gasteiger partial charge on any atom is 0.419 e. The SMILES string of the molecule is C[C@@H]1CCCN1C(=O)c1c(Br)ccc(C(F)(F)F)c1F. The number of halogens is 5.